The molecule has 0 aliphatic heterocycles. The summed E-state index contributed by atoms with van der Waals surface area (Å²) in [6.07, 6.45) is 0. The topological polar surface area (TPSA) is 74.0 Å². The van der Waals surface area contributed by atoms with Crippen LogP contribution < -0.4 is 15.6 Å². The predicted octanol–water partition coefficient (Wildman–Crippen LogP) is 2.16. The first-order valence-electron chi connectivity index (χ1n) is 7.73. The number of rotatable bonds is 4. The fourth-order valence-electron chi connectivity index (χ4n) is 2.76. The Morgan fingerprint density at radius 2 is 1.88 bits per heavy atom. The maximum Gasteiger partial charge on any atom is 0.280 e. The van der Waals surface area contributed by atoms with Gasteiger partial charge in [0.05, 0.1) is 18.8 Å². The first-order valence-corrected chi connectivity index (χ1v) is 7.73. The Hall–Kier alpha value is -2.83. The van der Waals surface area contributed by atoms with Crippen LogP contribution in [-0.2, 0) is 14.1 Å². The number of methoxy groups -OCH3 is 1. The molecule has 1 atom stereocenters. The summed E-state index contributed by atoms with van der Waals surface area (Å²) in [5.41, 5.74) is 2.84. The molecule has 1 N–H and O–H groups in total. The number of hydrogen-bond acceptors (Lipinski definition) is 5. The van der Waals surface area contributed by atoms with E-state index in [9.17, 15) is 4.79 Å². The summed E-state index contributed by atoms with van der Waals surface area (Å²) in [7, 11) is 5.10. The van der Waals surface area contributed by atoms with Crippen LogP contribution in [0.3, 0.4) is 0 Å². The lowest BCUT2D eigenvalue weighted by molar-refractivity contribution is 0.414. The van der Waals surface area contributed by atoms with Crippen LogP contribution in [0.5, 0.6) is 5.75 Å². The minimum Gasteiger partial charge on any atom is -0.497 e. The van der Waals surface area contributed by atoms with Gasteiger partial charge in [0.2, 0.25) is 5.95 Å². The molecule has 7 heteroatoms. The van der Waals surface area contributed by atoms with E-state index in [1.807, 2.05) is 38.1 Å². The smallest absolute Gasteiger partial charge is 0.280 e. The standard InChI is InChI=1S/C17H21N5O2/c1-10(12-6-8-13(24-5)9-7-12)18-17-19-14-11(2)20-22(4)15(14)16(23)21(17)3/h6-10H,1-5H3,(H,18,19)/t10-/m1/s1. The lowest BCUT2D eigenvalue weighted by Crippen LogP contribution is -2.24. The summed E-state index contributed by atoms with van der Waals surface area (Å²) in [5, 5.41) is 7.60. The van der Waals surface area contributed by atoms with E-state index >= 15 is 0 Å². The predicted molar refractivity (Wildman–Crippen MR) is 93.5 cm³/mol. The number of anilines is 1. The van der Waals surface area contributed by atoms with Crippen LogP contribution in [0.25, 0.3) is 11.0 Å². The van der Waals surface area contributed by atoms with Gasteiger partial charge in [0.1, 0.15) is 11.3 Å². The molecule has 0 spiro atoms. The first-order chi connectivity index (χ1) is 11.4. The highest BCUT2D eigenvalue weighted by Gasteiger charge is 2.16. The second-order valence-electron chi connectivity index (χ2n) is 5.84. The fraction of sp³-hybridized carbons (Fsp3) is 0.353. The maximum absolute atomic E-state index is 12.6. The third kappa shape index (κ3) is 2.62. The molecule has 0 fully saturated rings. The van der Waals surface area contributed by atoms with E-state index in [0.29, 0.717) is 17.0 Å². The molecule has 0 bridgehead atoms. The van der Waals surface area contributed by atoms with Gasteiger partial charge in [-0.25, -0.2) is 4.98 Å². The van der Waals surface area contributed by atoms with Gasteiger partial charge in [-0.2, -0.15) is 5.10 Å². The number of benzene rings is 1. The van der Waals surface area contributed by atoms with Crippen molar-refractivity contribution >= 4 is 17.0 Å². The van der Waals surface area contributed by atoms with Gasteiger partial charge in [-0.3, -0.25) is 14.0 Å². The maximum atomic E-state index is 12.6. The average molecular weight is 327 g/mol. The molecule has 0 amide bonds. The van der Waals surface area contributed by atoms with Crippen molar-refractivity contribution < 1.29 is 4.74 Å². The summed E-state index contributed by atoms with van der Waals surface area (Å²) >= 11 is 0. The molecule has 0 saturated heterocycles. The summed E-state index contributed by atoms with van der Waals surface area (Å²) < 4.78 is 8.28. The Labute approximate surface area is 139 Å². The van der Waals surface area contributed by atoms with E-state index in [2.05, 4.69) is 15.4 Å². The minimum atomic E-state index is -0.118. The highest BCUT2D eigenvalue weighted by Crippen LogP contribution is 2.21. The fourth-order valence-corrected chi connectivity index (χ4v) is 2.76. The highest BCUT2D eigenvalue weighted by atomic mass is 16.5. The van der Waals surface area contributed by atoms with Crippen molar-refractivity contribution in [2.45, 2.75) is 19.9 Å². The highest BCUT2D eigenvalue weighted by molar-refractivity contribution is 5.77. The van der Waals surface area contributed by atoms with Gasteiger partial charge >= 0.3 is 0 Å². The Morgan fingerprint density at radius 3 is 2.50 bits per heavy atom. The zero-order chi connectivity index (χ0) is 17.4. The zero-order valence-electron chi connectivity index (χ0n) is 14.5. The van der Waals surface area contributed by atoms with E-state index < -0.39 is 0 Å². The largest absolute Gasteiger partial charge is 0.497 e. The normalized spacial score (nSPS) is 12.4. The number of nitrogens with one attached hydrogen (secondary N) is 1. The van der Waals surface area contributed by atoms with Crippen molar-refractivity contribution in [3.05, 3.63) is 45.9 Å². The summed E-state index contributed by atoms with van der Waals surface area (Å²) in [6, 6.07) is 7.79. The SMILES string of the molecule is COc1ccc([C@@H](C)Nc2nc3c(C)nn(C)c3c(=O)n2C)cc1. The Balaban J connectivity index is 1.98. The quantitative estimate of drug-likeness (QED) is 0.795. The molecule has 3 aromatic rings. The van der Waals surface area contributed by atoms with Crippen molar-refractivity contribution in [2.75, 3.05) is 12.4 Å². The molecule has 1 aromatic carbocycles. The van der Waals surface area contributed by atoms with Crippen LogP contribution in [0.15, 0.2) is 29.1 Å². The van der Waals surface area contributed by atoms with Gasteiger partial charge in [-0.15, -0.1) is 0 Å². The van der Waals surface area contributed by atoms with Crippen molar-refractivity contribution in [1.29, 1.82) is 0 Å². The van der Waals surface area contributed by atoms with E-state index in [-0.39, 0.29) is 11.6 Å². The van der Waals surface area contributed by atoms with Crippen LogP contribution in [0.4, 0.5) is 5.95 Å². The lowest BCUT2D eigenvalue weighted by Gasteiger charge is -2.17. The second-order valence-corrected chi connectivity index (χ2v) is 5.84. The first kappa shape index (κ1) is 16.0. The minimum absolute atomic E-state index is 0.0107. The number of aromatic nitrogens is 4. The lowest BCUT2D eigenvalue weighted by atomic mass is 10.1. The number of hydrogen-bond donors (Lipinski definition) is 1. The molecular formula is C17H21N5O2. The van der Waals surface area contributed by atoms with Crippen molar-refractivity contribution in [3.63, 3.8) is 0 Å². The van der Waals surface area contributed by atoms with Gasteiger partial charge in [-0.05, 0) is 31.5 Å². The van der Waals surface area contributed by atoms with Crippen molar-refractivity contribution in [2.24, 2.45) is 14.1 Å². The molecule has 0 aliphatic carbocycles. The summed E-state index contributed by atoms with van der Waals surface area (Å²) in [4.78, 5) is 17.2. The molecule has 0 saturated carbocycles. The van der Waals surface area contributed by atoms with Crippen LogP contribution in [0.2, 0.25) is 0 Å². The molecule has 2 heterocycles. The number of nitrogens with zero attached hydrogens (tertiary/aromatic N) is 4. The molecule has 3 rings (SSSR count). The van der Waals surface area contributed by atoms with Crippen molar-refractivity contribution in [1.82, 2.24) is 19.3 Å². The molecule has 24 heavy (non-hydrogen) atoms. The van der Waals surface area contributed by atoms with Crippen LogP contribution >= 0.6 is 0 Å². The molecule has 2 aromatic heterocycles. The second kappa shape index (κ2) is 5.99. The van der Waals surface area contributed by atoms with Crippen molar-refractivity contribution in [3.8, 4) is 5.75 Å². The number of ether oxygens (including phenoxy) is 1. The Kier molecular flexibility index (Phi) is 4.01. The van der Waals surface area contributed by atoms with Crippen LogP contribution in [-0.4, -0.2) is 26.4 Å². The number of aryl methyl sites for hydroxylation is 2. The third-order valence-corrected chi connectivity index (χ3v) is 4.19. The van der Waals surface area contributed by atoms with Gasteiger partial charge < -0.3 is 10.1 Å². The zero-order valence-corrected chi connectivity index (χ0v) is 14.5. The molecule has 7 nitrogen and oxygen atoms in total. The van der Waals surface area contributed by atoms with E-state index in [4.69, 9.17) is 4.74 Å². The number of fused-ring (bicyclic) bond motifs is 1. The average Bonchev–Trinajstić information content (AvgIpc) is 2.86. The van der Waals surface area contributed by atoms with Gasteiger partial charge in [-0.1, -0.05) is 12.1 Å². The molecule has 0 aliphatic rings. The molecule has 0 unspecified atom stereocenters. The van der Waals surface area contributed by atoms with Gasteiger partial charge in [0.15, 0.2) is 5.52 Å². The van der Waals surface area contributed by atoms with Gasteiger partial charge in [0.25, 0.3) is 5.56 Å². The summed E-state index contributed by atoms with van der Waals surface area (Å²) in [6.45, 7) is 3.87. The monoisotopic (exact) mass is 327 g/mol. The van der Waals surface area contributed by atoms with E-state index in [1.54, 1.807) is 25.9 Å². The Bertz CT molecular complexity index is 940. The van der Waals surface area contributed by atoms with E-state index in [0.717, 1.165) is 17.0 Å². The van der Waals surface area contributed by atoms with Crippen LogP contribution in [0, 0.1) is 6.92 Å². The third-order valence-electron chi connectivity index (χ3n) is 4.19. The molecule has 126 valence electrons. The Morgan fingerprint density at radius 1 is 1.21 bits per heavy atom. The molecular weight excluding hydrogens is 306 g/mol. The molecule has 0 radical (unpaired) electrons. The van der Waals surface area contributed by atoms with E-state index in [1.165, 1.54) is 4.57 Å². The van der Waals surface area contributed by atoms with Gasteiger partial charge in [0, 0.05) is 14.1 Å². The van der Waals surface area contributed by atoms with Crippen LogP contribution in [0.1, 0.15) is 24.2 Å². The summed E-state index contributed by atoms with van der Waals surface area (Å²) in [5.74, 6) is 1.33.